The number of halogens is 2. The molecule has 0 radical (unpaired) electrons. The van der Waals surface area contributed by atoms with Gasteiger partial charge in [0.2, 0.25) is 0 Å². The standard InChI is InChI=1S/C17H27N3.2ClH/c18-17-13-20(11-8-14-6-9-19-10-7-14)12-16(17)15-4-2-1-3-5-15;;/h1-5,14,16-17,19H,6-13,18H2;2*1H/t16-,17+;;/m0../s1. The van der Waals surface area contributed by atoms with Gasteiger partial charge >= 0.3 is 0 Å². The van der Waals surface area contributed by atoms with Crippen molar-refractivity contribution < 1.29 is 0 Å². The molecule has 0 amide bonds. The lowest BCUT2D eigenvalue weighted by Gasteiger charge is -2.25. The first-order valence-electron chi connectivity index (χ1n) is 8.06. The molecule has 3 nitrogen and oxygen atoms in total. The lowest BCUT2D eigenvalue weighted by molar-refractivity contribution is 0.268. The highest BCUT2D eigenvalue weighted by molar-refractivity contribution is 5.85. The highest BCUT2D eigenvalue weighted by Crippen LogP contribution is 2.27. The van der Waals surface area contributed by atoms with Crippen LogP contribution >= 0.6 is 24.8 Å². The summed E-state index contributed by atoms with van der Waals surface area (Å²) in [5.41, 5.74) is 7.77. The van der Waals surface area contributed by atoms with Crippen molar-refractivity contribution in [2.45, 2.75) is 31.2 Å². The quantitative estimate of drug-likeness (QED) is 0.881. The second-order valence-electron chi connectivity index (χ2n) is 6.42. The number of likely N-dealkylation sites (tertiary alicyclic amines) is 1. The Hall–Kier alpha value is -0.320. The van der Waals surface area contributed by atoms with E-state index < -0.39 is 0 Å². The van der Waals surface area contributed by atoms with E-state index in [0.29, 0.717) is 12.0 Å². The Bertz CT molecular complexity index is 410. The predicted octanol–water partition coefficient (Wildman–Crippen LogP) is 2.65. The summed E-state index contributed by atoms with van der Waals surface area (Å²) in [6.07, 6.45) is 4.04. The fourth-order valence-electron chi connectivity index (χ4n) is 3.68. The number of nitrogens with two attached hydrogens (primary N) is 1. The Morgan fingerprint density at radius 3 is 2.41 bits per heavy atom. The molecule has 126 valence electrons. The number of nitrogens with one attached hydrogen (secondary N) is 1. The molecule has 0 aromatic heterocycles. The summed E-state index contributed by atoms with van der Waals surface area (Å²) in [4.78, 5) is 2.57. The van der Waals surface area contributed by atoms with Crippen molar-refractivity contribution in [1.29, 1.82) is 0 Å². The van der Waals surface area contributed by atoms with Gasteiger partial charge in [-0.2, -0.15) is 0 Å². The maximum atomic E-state index is 6.36. The van der Waals surface area contributed by atoms with Gasteiger partial charge < -0.3 is 16.0 Å². The van der Waals surface area contributed by atoms with E-state index in [9.17, 15) is 0 Å². The van der Waals surface area contributed by atoms with Crippen molar-refractivity contribution in [3.63, 3.8) is 0 Å². The highest BCUT2D eigenvalue weighted by atomic mass is 35.5. The normalized spacial score (nSPS) is 26.2. The predicted molar refractivity (Wildman–Crippen MR) is 98.3 cm³/mol. The fraction of sp³-hybridized carbons (Fsp3) is 0.647. The number of rotatable bonds is 4. The molecule has 0 unspecified atom stereocenters. The molecule has 1 aromatic carbocycles. The summed E-state index contributed by atoms with van der Waals surface area (Å²) in [6.45, 7) is 5.83. The van der Waals surface area contributed by atoms with Gasteiger partial charge in [0, 0.05) is 25.0 Å². The second-order valence-corrected chi connectivity index (χ2v) is 6.42. The summed E-state index contributed by atoms with van der Waals surface area (Å²) < 4.78 is 0. The van der Waals surface area contributed by atoms with Gasteiger partial charge in [0.05, 0.1) is 0 Å². The van der Waals surface area contributed by atoms with Crippen LogP contribution in [0.3, 0.4) is 0 Å². The largest absolute Gasteiger partial charge is 0.326 e. The summed E-state index contributed by atoms with van der Waals surface area (Å²) in [5, 5.41) is 3.44. The maximum Gasteiger partial charge on any atom is 0.0249 e. The Morgan fingerprint density at radius 1 is 1.05 bits per heavy atom. The molecular weight excluding hydrogens is 317 g/mol. The Balaban J connectivity index is 0.00000121. The summed E-state index contributed by atoms with van der Waals surface area (Å²) in [6, 6.07) is 11.1. The van der Waals surface area contributed by atoms with Crippen LogP contribution in [0.2, 0.25) is 0 Å². The Labute approximate surface area is 146 Å². The minimum Gasteiger partial charge on any atom is -0.326 e. The first-order valence-corrected chi connectivity index (χ1v) is 8.06. The topological polar surface area (TPSA) is 41.3 Å². The first-order chi connectivity index (χ1) is 9.83. The van der Waals surface area contributed by atoms with E-state index in [2.05, 4.69) is 40.5 Å². The van der Waals surface area contributed by atoms with Crippen LogP contribution in [-0.4, -0.2) is 43.7 Å². The molecule has 2 heterocycles. The zero-order chi connectivity index (χ0) is 13.8. The van der Waals surface area contributed by atoms with Crippen LogP contribution in [0.4, 0.5) is 0 Å². The molecule has 5 heteroatoms. The van der Waals surface area contributed by atoms with E-state index in [0.717, 1.165) is 19.0 Å². The molecular formula is C17H29Cl2N3. The Morgan fingerprint density at radius 2 is 1.73 bits per heavy atom. The van der Waals surface area contributed by atoms with E-state index in [-0.39, 0.29) is 24.8 Å². The van der Waals surface area contributed by atoms with E-state index in [1.807, 2.05) is 0 Å². The molecule has 2 atom stereocenters. The minimum atomic E-state index is 0. The second kappa shape index (κ2) is 9.74. The first kappa shape index (κ1) is 19.7. The highest BCUT2D eigenvalue weighted by Gasteiger charge is 2.31. The monoisotopic (exact) mass is 345 g/mol. The maximum absolute atomic E-state index is 6.36. The number of benzene rings is 1. The van der Waals surface area contributed by atoms with E-state index >= 15 is 0 Å². The van der Waals surface area contributed by atoms with Crippen LogP contribution in [0.15, 0.2) is 30.3 Å². The van der Waals surface area contributed by atoms with E-state index in [1.54, 1.807) is 0 Å². The average molecular weight is 346 g/mol. The van der Waals surface area contributed by atoms with Gasteiger partial charge in [-0.25, -0.2) is 0 Å². The number of nitrogens with zero attached hydrogens (tertiary/aromatic N) is 1. The molecule has 2 fully saturated rings. The van der Waals surface area contributed by atoms with Crippen LogP contribution in [0.5, 0.6) is 0 Å². The van der Waals surface area contributed by atoms with Crippen molar-refractivity contribution in [2.75, 3.05) is 32.7 Å². The minimum absolute atomic E-state index is 0. The van der Waals surface area contributed by atoms with Gasteiger partial charge in [-0.15, -0.1) is 24.8 Å². The molecule has 1 aromatic rings. The molecule has 2 aliphatic heterocycles. The molecule has 2 aliphatic rings. The third-order valence-electron chi connectivity index (χ3n) is 4.98. The van der Waals surface area contributed by atoms with Crippen LogP contribution in [0.25, 0.3) is 0 Å². The molecule has 0 bridgehead atoms. The SMILES string of the molecule is Cl.Cl.N[C@@H]1CN(CCC2CCNCC2)C[C@H]1c1ccccc1. The van der Waals surface area contributed by atoms with Crippen LogP contribution in [0.1, 0.15) is 30.7 Å². The van der Waals surface area contributed by atoms with Gasteiger partial charge in [-0.1, -0.05) is 30.3 Å². The molecule has 0 aliphatic carbocycles. The number of piperidine rings is 1. The van der Waals surface area contributed by atoms with Gasteiger partial charge in [-0.05, 0) is 50.4 Å². The summed E-state index contributed by atoms with van der Waals surface area (Å²) in [5.74, 6) is 1.44. The average Bonchev–Trinajstić information content (AvgIpc) is 2.88. The van der Waals surface area contributed by atoms with Crippen molar-refractivity contribution in [1.82, 2.24) is 10.2 Å². The number of hydrogen-bond donors (Lipinski definition) is 2. The fourth-order valence-corrected chi connectivity index (χ4v) is 3.68. The zero-order valence-corrected chi connectivity index (χ0v) is 14.7. The van der Waals surface area contributed by atoms with Crippen LogP contribution in [0, 0.1) is 5.92 Å². The van der Waals surface area contributed by atoms with E-state index in [4.69, 9.17) is 5.73 Å². The van der Waals surface area contributed by atoms with Crippen LogP contribution < -0.4 is 11.1 Å². The van der Waals surface area contributed by atoms with Gasteiger partial charge in [0.25, 0.3) is 0 Å². The molecule has 3 N–H and O–H groups in total. The lowest BCUT2D eigenvalue weighted by Crippen LogP contribution is -2.32. The van der Waals surface area contributed by atoms with E-state index in [1.165, 1.54) is 44.5 Å². The Kier molecular flexibility index (Phi) is 8.73. The van der Waals surface area contributed by atoms with Gasteiger partial charge in [0.15, 0.2) is 0 Å². The van der Waals surface area contributed by atoms with Crippen molar-refractivity contribution >= 4 is 24.8 Å². The lowest BCUT2D eigenvalue weighted by atomic mass is 9.94. The summed E-state index contributed by atoms with van der Waals surface area (Å²) in [7, 11) is 0. The molecule has 22 heavy (non-hydrogen) atoms. The van der Waals surface area contributed by atoms with Gasteiger partial charge in [0.1, 0.15) is 0 Å². The number of hydrogen-bond acceptors (Lipinski definition) is 3. The smallest absolute Gasteiger partial charge is 0.0249 e. The van der Waals surface area contributed by atoms with Crippen LogP contribution in [-0.2, 0) is 0 Å². The summed E-state index contributed by atoms with van der Waals surface area (Å²) >= 11 is 0. The zero-order valence-electron chi connectivity index (χ0n) is 13.1. The third-order valence-corrected chi connectivity index (χ3v) is 4.98. The van der Waals surface area contributed by atoms with Crippen molar-refractivity contribution in [3.05, 3.63) is 35.9 Å². The van der Waals surface area contributed by atoms with Gasteiger partial charge in [-0.3, -0.25) is 0 Å². The third kappa shape index (κ3) is 5.10. The molecule has 3 rings (SSSR count). The van der Waals surface area contributed by atoms with Crippen molar-refractivity contribution in [3.8, 4) is 0 Å². The molecule has 0 spiro atoms. The molecule has 2 saturated heterocycles. The van der Waals surface area contributed by atoms with Crippen molar-refractivity contribution in [2.24, 2.45) is 11.7 Å². The molecule has 0 saturated carbocycles.